The molecule has 0 aliphatic carbocycles. The Balaban J connectivity index is 2.21. The van der Waals surface area contributed by atoms with Gasteiger partial charge in [-0.15, -0.1) is 0 Å². The molecule has 1 saturated heterocycles. The van der Waals surface area contributed by atoms with E-state index in [0.717, 1.165) is 18.8 Å². The number of carboxylic acid groups (broad SMARTS) is 1. The lowest BCUT2D eigenvalue weighted by Gasteiger charge is -2.36. The third-order valence-electron chi connectivity index (χ3n) is 2.88. The normalized spacial score (nSPS) is 24.7. The van der Waals surface area contributed by atoms with Crippen molar-refractivity contribution in [2.24, 2.45) is 0 Å². The van der Waals surface area contributed by atoms with Gasteiger partial charge in [-0.2, -0.15) is 0 Å². The van der Waals surface area contributed by atoms with Gasteiger partial charge in [0.15, 0.2) is 0 Å². The number of benzene rings is 1. The van der Waals surface area contributed by atoms with Gasteiger partial charge in [0.05, 0.1) is 17.8 Å². The average Bonchev–Trinajstić information content (AvgIpc) is 2.28. The SMILES string of the molecule is C[C@@H]1CN(c2cccc(C(=O)O)c2)C[C@H](C)O1. The zero-order valence-electron chi connectivity index (χ0n) is 10.1. The van der Waals surface area contributed by atoms with Crippen molar-refractivity contribution in [1.82, 2.24) is 0 Å². The van der Waals surface area contributed by atoms with Crippen LogP contribution in [0.4, 0.5) is 5.69 Å². The predicted molar refractivity (Wildman–Crippen MR) is 65.6 cm³/mol. The van der Waals surface area contributed by atoms with E-state index >= 15 is 0 Å². The van der Waals surface area contributed by atoms with E-state index in [2.05, 4.69) is 4.90 Å². The van der Waals surface area contributed by atoms with Gasteiger partial charge >= 0.3 is 5.97 Å². The Morgan fingerprint density at radius 3 is 2.59 bits per heavy atom. The number of anilines is 1. The molecule has 1 aliphatic rings. The van der Waals surface area contributed by atoms with Crippen molar-refractivity contribution in [2.75, 3.05) is 18.0 Å². The Kier molecular flexibility index (Phi) is 3.33. The molecule has 1 aromatic rings. The Morgan fingerprint density at radius 1 is 1.35 bits per heavy atom. The first-order valence-corrected chi connectivity index (χ1v) is 5.80. The zero-order valence-corrected chi connectivity index (χ0v) is 10.1. The molecule has 0 unspecified atom stereocenters. The van der Waals surface area contributed by atoms with Gasteiger partial charge in [-0.05, 0) is 32.0 Å². The third-order valence-corrected chi connectivity index (χ3v) is 2.88. The Morgan fingerprint density at radius 2 is 2.00 bits per heavy atom. The molecule has 92 valence electrons. The van der Waals surface area contributed by atoms with E-state index in [1.54, 1.807) is 18.2 Å². The minimum absolute atomic E-state index is 0.173. The van der Waals surface area contributed by atoms with Crippen LogP contribution in [-0.2, 0) is 4.74 Å². The van der Waals surface area contributed by atoms with E-state index in [4.69, 9.17) is 9.84 Å². The first kappa shape index (κ1) is 11.9. The topological polar surface area (TPSA) is 49.8 Å². The maximum atomic E-state index is 10.9. The summed E-state index contributed by atoms with van der Waals surface area (Å²) < 4.78 is 5.66. The average molecular weight is 235 g/mol. The predicted octanol–water partition coefficient (Wildman–Crippen LogP) is 2.00. The molecule has 1 aliphatic heterocycles. The smallest absolute Gasteiger partial charge is 0.335 e. The molecule has 4 nitrogen and oxygen atoms in total. The molecule has 0 bridgehead atoms. The van der Waals surface area contributed by atoms with Gasteiger partial charge in [-0.3, -0.25) is 0 Å². The summed E-state index contributed by atoms with van der Waals surface area (Å²) in [5.74, 6) is -0.888. The van der Waals surface area contributed by atoms with E-state index in [-0.39, 0.29) is 12.2 Å². The maximum absolute atomic E-state index is 10.9. The highest BCUT2D eigenvalue weighted by molar-refractivity contribution is 5.88. The molecule has 0 amide bonds. The summed E-state index contributed by atoms with van der Waals surface area (Å²) >= 11 is 0. The summed E-state index contributed by atoms with van der Waals surface area (Å²) in [6.45, 7) is 5.66. The van der Waals surface area contributed by atoms with Crippen LogP contribution in [-0.4, -0.2) is 36.4 Å². The minimum Gasteiger partial charge on any atom is -0.478 e. The summed E-state index contributed by atoms with van der Waals surface area (Å²) in [6, 6.07) is 7.05. The second-order valence-corrected chi connectivity index (χ2v) is 4.52. The van der Waals surface area contributed by atoms with Gasteiger partial charge in [0.2, 0.25) is 0 Å². The molecule has 1 heterocycles. The van der Waals surface area contributed by atoms with Crippen molar-refractivity contribution in [3.63, 3.8) is 0 Å². The van der Waals surface area contributed by atoms with Gasteiger partial charge in [0.25, 0.3) is 0 Å². The lowest BCUT2D eigenvalue weighted by atomic mass is 10.1. The molecule has 1 aromatic carbocycles. The van der Waals surface area contributed by atoms with Crippen LogP contribution >= 0.6 is 0 Å². The van der Waals surface area contributed by atoms with Crippen LogP contribution in [0.25, 0.3) is 0 Å². The number of carboxylic acids is 1. The van der Waals surface area contributed by atoms with Crippen molar-refractivity contribution in [3.05, 3.63) is 29.8 Å². The summed E-state index contributed by atoms with van der Waals surface area (Å²) in [6.07, 6.45) is 0.347. The van der Waals surface area contributed by atoms with Crippen LogP contribution in [0.2, 0.25) is 0 Å². The van der Waals surface area contributed by atoms with Crippen LogP contribution in [0.5, 0.6) is 0 Å². The number of ether oxygens (including phenoxy) is 1. The van der Waals surface area contributed by atoms with Crippen LogP contribution in [0.1, 0.15) is 24.2 Å². The van der Waals surface area contributed by atoms with Gasteiger partial charge in [-0.1, -0.05) is 6.07 Å². The lowest BCUT2D eigenvalue weighted by molar-refractivity contribution is -0.00521. The van der Waals surface area contributed by atoms with E-state index in [1.165, 1.54) is 0 Å². The van der Waals surface area contributed by atoms with Crippen LogP contribution < -0.4 is 4.90 Å². The van der Waals surface area contributed by atoms with E-state index < -0.39 is 5.97 Å². The van der Waals surface area contributed by atoms with Gasteiger partial charge in [0.1, 0.15) is 0 Å². The molecule has 2 rings (SSSR count). The number of hydrogen-bond donors (Lipinski definition) is 1. The largest absolute Gasteiger partial charge is 0.478 e. The fourth-order valence-corrected chi connectivity index (χ4v) is 2.22. The molecule has 0 radical (unpaired) electrons. The summed E-state index contributed by atoms with van der Waals surface area (Å²) in [4.78, 5) is 13.1. The van der Waals surface area contributed by atoms with Crippen LogP contribution in [0.15, 0.2) is 24.3 Å². The van der Waals surface area contributed by atoms with E-state index in [1.807, 2.05) is 19.9 Å². The number of hydrogen-bond acceptors (Lipinski definition) is 3. The second-order valence-electron chi connectivity index (χ2n) is 4.52. The highest BCUT2D eigenvalue weighted by Crippen LogP contribution is 2.21. The Labute approximate surface area is 101 Å². The molecule has 0 saturated carbocycles. The maximum Gasteiger partial charge on any atom is 0.335 e. The summed E-state index contributed by atoms with van der Waals surface area (Å²) in [7, 11) is 0. The summed E-state index contributed by atoms with van der Waals surface area (Å²) in [5.41, 5.74) is 1.28. The molecule has 1 fully saturated rings. The number of rotatable bonds is 2. The van der Waals surface area contributed by atoms with Crippen molar-refractivity contribution >= 4 is 11.7 Å². The molecule has 0 aromatic heterocycles. The Bertz CT molecular complexity index is 409. The standard InChI is InChI=1S/C13H17NO3/c1-9-7-14(8-10(2)17-9)12-5-3-4-11(6-12)13(15)16/h3-6,9-10H,7-8H2,1-2H3,(H,15,16)/t9-,10+. The lowest BCUT2D eigenvalue weighted by Crippen LogP contribution is -2.45. The fraction of sp³-hybridized carbons (Fsp3) is 0.462. The van der Waals surface area contributed by atoms with Crippen molar-refractivity contribution in [2.45, 2.75) is 26.1 Å². The highest BCUT2D eigenvalue weighted by atomic mass is 16.5. The van der Waals surface area contributed by atoms with Crippen LogP contribution in [0.3, 0.4) is 0 Å². The monoisotopic (exact) mass is 235 g/mol. The summed E-state index contributed by atoms with van der Waals surface area (Å²) in [5, 5.41) is 8.97. The zero-order chi connectivity index (χ0) is 12.4. The number of carbonyl (C=O) groups is 1. The minimum atomic E-state index is -0.888. The Hall–Kier alpha value is -1.55. The number of nitrogens with zero attached hydrogens (tertiary/aromatic N) is 1. The molecule has 0 spiro atoms. The molecule has 17 heavy (non-hydrogen) atoms. The fourth-order valence-electron chi connectivity index (χ4n) is 2.22. The second kappa shape index (κ2) is 4.75. The van der Waals surface area contributed by atoms with Crippen molar-refractivity contribution in [1.29, 1.82) is 0 Å². The van der Waals surface area contributed by atoms with Crippen molar-refractivity contribution < 1.29 is 14.6 Å². The van der Waals surface area contributed by atoms with Crippen LogP contribution in [0, 0.1) is 0 Å². The third kappa shape index (κ3) is 2.77. The van der Waals surface area contributed by atoms with E-state index in [0.29, 0.717) is 5.56 Å². The molecular formula is C13H17NO3. The number of morpholine rings is 1. The highest BCUT2D eigenvalue weighted by Gasteiger charge is 2.22. The molecule has 2 atom stereocenters. The molecule has 1 N–H and O–H groups in total. The molecular weight excluding hydrogens is 218 g/mol. The van der Waals surface area contributed by atoms with Gasteiger partial charge in [0, 0.05) is 18.8 Å². The molecule has 4 heteroatoms. The van der Waals surface area contributed by atoms with E-state index in [9.17, 15) is 4.79 Å². The quantitative estimate of drug-likeness (QED) is 0.851. The van der Waals surface area contributed by atoms with Crippen molar-refractivity contribution in [3.8, 4) is 0 Å². The van der Waals surface area contributed by atoms with Gasteiger partial charge < -0.3 is 14.7 Å². The first-order chi connectivity index (χ1) is 8.06. The van der Waals surface area contributed by atoms with Gasteiger partial charge in [-0.25, -0.2) is 4.79 Å². The first-order valence-electron chi connectivity index (χ1n) is 5.80. The number of aromatic carboxylic acids is 1.